The first-order valence-electron chi connectivity index (χ1n) is 16.0. The quantitative estimate of drug-likeness (QED) is 0.172. The number of hydrogen-bond acceptors (Lipinski definition) is 10. The topological polar surface area (TPSA) is 182 Å². The molecular weight excluding hydrogens is 748 g/mol. The average molecular weight is 780 g/mol. The number of nitrogens with zero attached hydrogens (tertiary/aromatic N) is 4. The molecular formula is C42H32N4O6Zr. The molecule has 2 N–H and O–H groups in total. The predicted molar refractivity (Wildman–Crippen MR) is 196 cm³/mol. The standard InChI is InChI=1S/2C21H18N2O3.Zr/c2*24-18-10-4-1-7-15(18)13-22-21(17-9-3-6-12-20(17)26)23-14-16-8-2-5-11-19(16)25;/h2*1-14,21,24-26H;/q;;+4/p-4/b22-13+,23-14+;22-13-,23-14+;. The molecule has 0 amide bonds. The van der Waals surface area contributed by atoms with Gasteiger partial charge >= 0.3 is 26.2 Å². The summed E-state index contributed by atoms with van der Waals surface area (Å²) in [5, 5.41) is 67.6. The van der Waals surface area contributed by atoms with Crippen molar-refractivity contribution in [3.63, 3.8) is 0 Å². The minimum Gasteiger partial charge on any atom is -0.872 e. The molecule has 0 aromatic heterocycles. The largest absolute Gasteiger partial charge is 4.00 e. The Balaban J connectivity index is 0.000000232. The van der Waals surface area contributed by atoms with Crippen LogP contribution in [0.5, 0.6) is 34.5 Å². The zero-order valence-electron chi connectivity index (χ0n) is 28.1. The van der Waals surface area contributed by atoms with Crippen LogP contribution in [0.2, 0.25) is 0 Å². The van der Waals surface area contributed by atoms with Crippen LogP contribution in [0.1, 0.15) is 45.7 Å². The van der Waals surface area contributed by atoms with Gasteiger partial charge in [-0.3, -0.25) is 20.0 Å². The third kappa shape index (κ3) is 11.3. The van der Waals surface area contributed by atoms with E-state index in [0.29, 0.717) is 33.4 Å². The first kappa shape index (κ1) is 39.5. The maximum Gasteiger partial charge on any atom is 4.00 e. The summed E-state index contributed by atoms with van der Waals surface area (Å²) < 4.78 is 0. The van der Waals surface area contributed by atoms with Gasteiger partial charge in [0.1, 0.15) is 11.5 Å². The van der Waals surface area contributed by atoms with Crippen molar-refractivity contribution in [2.24, 2.45) is 20.0 Å². The van der Waals surface area contributed by atoms with E-state index in [9.17, 15) is 30.6 Å². The molecule has 0 radical (unpaired) electrons. The van der Waals surface area contributed by atoms with Gasteiger partial charge < -0.3 is 30.6 Å². The Bertz CT molecular complexity index is 1960. The Hall–Kier alpha value is -6.32. The Morgan fingerprint density at radius 3 is 0.830 bits per heavy atom. The Kier molecular flexibility index (Phi) is 14.8. The number of aromatic hydroxyl groups is 2. The third-order valence-electron chi connectivity index (χ3n) is 7.53. The molecule has 6 aromatic rings. The second kappa shape index (κ2) is 19.9. The normalized spacial score (nSPS) is 11.9. The van der Waals surface area contributed by atoms with Gasteiger partial charge in [0.25, 0.3) is 0 Å². The van der Waals surface area contributed by atoms with Crippen molar-refractivity contribution < 1.29 is 56.8 Å². The molecule has 1 unspecified atom stereocenters. The summed E-state index contributed by atoms with van der Waals surface area (Å²) in [6.45, 7) is 0. The van der Waals surface area contributed by atoms with Gasteiger partial charge in [-0.1, -0.05) is 133 Å². The Morgan fingerprint density at radius 1 is 0.358 bits per heavy atom. The molecule has 10 nitrogen and oxygen atoms in total. The number of rotatable bonds is 10. The molecule has 11 heteroatoms. The van der Waals surface area contributed by atoms with Gasteiger partial charge in [-0.25, -0.2) is 0 Å². The number of phenols is 2. The molecule has 1 atom stereocenters. The first-order valence-corrected chi connectivity index (χ1v) is 16.0. The molecule has 0 spiro atoms. The molecule has 0 heterocycles. The van der Waals surface area contributed by atoms with Gasteiger partial charge in [0.15, 0.2) is 12.3 Å². The SMILES string of the molecule is [O-]c1ccccc1/C=N/C(/N=C/c1ccccc1[O-])c1ccccc1O.[O-]c1ccccc1/C=N\C(/N=C/c1ccccc1[O-])c1ccccc1O.[Zr+4]. The minimum atomic E-state index is -0.782. The molecule has 0 aliphatic heterocycles. The number of benzene rings is 6. The van der Waals surface area contributed by atoms with Crippen LogP contribution in [-0.2, 0) is 26.2 Å². The fourth-order valence-corrected chi connectivity index (χ4v) is 4.76. The number of hydrogen-bond donors (Lipinski definition) is 2. The fraction of sp³-hybridized carbons (Fsp3) is 0.0476. The van der Waals surface area contributed by atoms with Crippen LogP contribution in [0.3, 0.4) is 0 Å². The van der Waals surface area contributed by atoms with Gasteiger partial charge in [0, 0.05) is 36.0 Å². The molecule has 0 aliphatic carbocycles. The molecule has 0 saturated carbocycles. The second-order valence-electron chi connectivity index (χ2n) is 11.1. The van der Waals surface area contributed by atoms with Gasteiger partial charge in [-0.15, -0.1) is 23.0 Å². The molecule has 6 rings (SSSR count). The van der Waals surface area contributed by atoms with Crippen molar-refractivity contribution in [1.82, 2.24) is 0 Å². The van der Waals surface area contributed by atoms with E-state index in [2.05, 4.69) is 20.0 Å². The van der Waals surface area contributed by atoms with E-state index in [1.54, 1.807) is 109 Å². The van der Waals surface area contributed by atoms with E-state index >= 15 is 0 Å². The summed E-state index contributed by atoms with van der Waals surface area (Å²) in [6.07, 6.45) is 4.16. The molecule has 260 valence electrons. The van der Waals surface area contributed by atoms with Crippen LogP contribution in [0.4, 0.5) is 0 Å². The summed E-state index contributed by atoms with van der Waals surface area (Å²) in [5.74, 6) is -0.528. The average Bonchev–Trinajstić information content (AvgIpc) is 3.15. The summed E-state index contributed by atoms with van der Waals surface area (Å²) in [5.41, 5.74) is 2.65. The second-order valence-corrected chi connectivity index (χ2v) is 11.1. The zero-order valence-corrected chi connectivity index (χ0v) is 30.6. The Morgan fingerprint density at radius 2 is 0.585 bits per heavy atom. The number of phenolic OH excluding ortho intramolecular Hbond substituents is 2. The van der Waals surface area contributed by atoms with Gasteiger partial charge in [0.2, 0.25) is 0 Å². The molecule has 0 bridgehead atoms. The molecule has 0 fully saturated rings. The summed E-state index contributed by atoms with van der Waals surface area (Å²) in [4.78, 5) is 17.4. The molecule has 53 heavy (non-hydrogen) atoms. The number of para-hydroxylation sites is 6. The van der Waals surface area contributed by atoms with E-state index < -0.39 is 12.3 Å². The summed E-state index contributed by atoms with van der Waals surface area (Å²) >= 11 is 0. The van der Waals surface area contributed by atoms with Crippen LogP contribution >= 0.6 is 0 Å². The van der Waals surface area contributed by atoms with Crippen LogP contribution < -0.4 is 20.4 Å². The summed E-state index contributed by atoms with van der Waals surface area (Å²) in [7, 11) is 0. The van der Waals surface area contributed by atoms with Crippen LogP contribution in [0, 0.1) is 0 Å². The predicted octanol–water partition coefficient (Wildman–Crippen LogP) is 5.55. The zero-order chi connectivity index (χ0) is 36.7. The van der Waals surface area contributed by atoms with E-state index in [4.69, 9.17) is 0 Å². The maximum absolute atomic E-state index is 11.8. The monoisotopic (exact) mass is 778 g/mol. The van der Waals surface area contributed by atoms with Gasteiger partial charge in [-0.2, -0.15) is 0 Å². The van der Waals surface area contributed by atoms with Crippen molar-refractivity contribution in [3.8, 4) is 34.5 Å². The van der Waals surface area contributed by atoms with E-state index in [1.165, 1.54) is 61.3 Å². The van der Waals surface area contributed by atoms with Crippen molar-refractivity contribution >= 4 is 24.9 Å². The molecule has 6 aromatic carbocycles. The number of aliphatic imine (C=N–C) groups is 4. The minimum absolute atomic E-state index is 0. The van der Waals surface area contributed by atoms with E-state index in [0.717, 1.165) is 0 Å². The van der Waals surface area contributed by atoms with E-state index in [1.807, 2.05) is 0 Å². The molecule has 0 aliphatic rings. The van der Waals surface area contributed by atoms with Crippen molar-refractivity contribution in [2.45, 2.75) is 12.3 Å². The first-order chi connectivity index (χ1) is 25.3. The smallest absolute Gasteiger partial charge is 0.872 e. The van der Waals surface area contributed by atoms with Crippen LogP contribution in [-0.4, -0.2) is 35.1 Å². The van der Waals surface area contributed by atoms with Crippen molar-refractivity contribution in [3.05, 3.63) is 179 Å². The maximum atomic E-state index is 11.8. The van der Waals surface area contributed by atoms with Crippen molar-refractivity contribution in [1.29, 1.82) is 0 Å². The van der Waals surface area contributed by atoms with Crippen LogP contribution in [0.25, 0.3) is 0 Å². The van der Waals surface area contributed by atoms with Crippen molar-refractivity contribution in [2.75, 3.05) is 0 Å². The summed E-state index contributed by atoms with van der Waals surface area (Å²) in [6, 6.07) is 39.4. The third-order valence-corrected chi connectivity index (χ3v) is 7.53. The molecule has 0 saturated heterocycles. The Labute approximate surface area is 326 Å². The van der Waals surface area contributed by atoms with Gasteiger partial charge in [-0.05, 0) is 34.4 Å². The van der Waals surface area contributed by atoms with Gasteiger partial charge in [0.05, 0.1) is 0 Å². The van der Waals surface area contributed by atoms with Crippen LogP contribution in [0.15, 0.2) is 166 Å². The van der Waals surface area contributed by atoms with E-state index in [-0.39, 0.29) is 60.7 Å². The fourth-order valence-electron chi connectivity index (χ4n) is 4.76.